The first-order chi connectivity index (χ1) is 9.82. The lowest BCUT2D eigenvalue weighted by Gasteiger charge is -2.12. The molecule has 0 unspecified atom stereocenters. The number of ether oxygens (including phenoxy) is 1. The summed E-state index contributed by atoms with van der Waals surface area (Å²) in [5.41, 5.74) is 0.861. The fraction of sp³-hybridized carbons (Fsp3) is 0.143. The van der Waals surface area contributed by atoms with Crippen LogP contribution in [-0.4, -0.2) is 13.5 Å². The quantitative estimate of drug-likeness (QED) is 0.908. The number of sulfonamides is 1. The van der Waals surface area contributed by atoms with Crippen molar-refractivity contribution in [2.45, 2.75) is 18.2 Å². The van der Waals surface area contributed by atoms with E-state index in [2.05, 4.69) is 0 Å². The summed E-state index contributed by atoms with van der Waals surface area (Å²) >= 11 is 0. The SMILES string of the molecule is CCc1ccc(Oc2c(F)cccc2S(N)(=O)=O)c(O)c1. The zero-order valence-electron chi connectivity index (χ0n) is 11.2. The number of rotatable bonds is 4. The fourth-order valence-corrected chi connectivity index (χ4v) is 2.46. The molecule has 2 aromatic carbocycles. The van der Waals surface area contributed by atoms with Crippen LogP contribution < -0.4 is 9.88 Å². The van der Waals surface area contributed by atoms with Gasteiger partial charge in [0.25, 0.3) is 0 Å². The highest BCUT2D eigenvalue weighted by molar-refractivity contribution is 7.89. The maximum atomic E-state index is 13.8. The topological polar surface area (TPSA) is 89.6 Å². The number of phenolic OH excluding ortho intramolecular Hbond substituents is 1. The molecule has 0 bridgehead atoms. The molecule has 0 radical (unpaired) electrons. The van der Waals surface area contributed by atoms with Crippen LogP contribution in [-0.2, 0) is 16.4 Å². The van der Waals surface area contributed by atoms with Gasteiger partial charge in [0, 0.05) is 0 Å². The molecular formula is C14H14FNO4S. The molecule has 2 rings (SSSR count). The van der Waals surface area contributed by atoms with Crippen molar-refractivity contribution >= 4 is 10.0 Å². The summed E-state index contributed by atoms with van der Waals surface area (Å²) in [6, 6.07) is 7.97. The highest BCUT2D eigenvalue weighted by Gasteiger charge is 2.20. The van der Waals surface area contributed by atoms with Crippen LogP contribution in [0.5, 0.6) is 17.2 Å². The molecule has 112 valence electrons. The lowest BCUT2D eigenvalue weighted by Crippen LogP contribution is -2.13. The van der Waals surface area contributed by atoms with E-state index >= 15 is 0 Å². The van der Waals surface area contributed by atoms with E-state index in [0.29, 0.717) is 6.42 Å². The Morgan fingerprint density at radius 3 is 2.57 bits per heavy atom. The molecular weight excluding hydrogens is 297 g/mol. The molecule has 0 saturated carbocycles. The monoisotopic (exact) mass is 311 g/mol. The van der Waals surface area contributed by atoms with Gasteiger partial charge < -0.3 is 9.84 Å². The van der Waals surface area contributed by atoms with E-state index < -0.39 is 26.5 Å². The summed E-state index contributed by atoms with van der Waals surface area (Å²) in [4.78, 5) is -0.485. The highest BCUT2D eigenvalue weighted by Crippen LogP contribution is 2.35. The lowest BCUT2D eigenvalue weighted by atomic mass is 10.1. The van der Waals surface area contributed by atoms with Crippen LogP contribution in [0.15, 0.2) is 41.3 Å². The third-order valence-electron chi connectivity index (χ3n) is 2.88. The first-order valence-corrected chi connectivity index (χ1v) is 7.68. The minimum Gasteiger partial charge on any atom is -0.504 e. The third-order valence-corrected chi connectivity index (χ3v) is 3.82. The molecule has 0 amide bonds. The molecule has 5 nitrogen and oxygen atoms in total. The lowest BCUT2D eigenvalue weighted by molar-refractivity contribution is 0.387. The highest BCUT2D eigenvalue weighted by atomic mass is 32.2. The van der Waals surface area contributed by atoms with E-state index in [-0.39, 0.29) is 11.5 Å². The number of para-hydroxylation sites is 1. The molecule has 0 fully saturated rings. The van der Waals surface area contributed by atoms with Crippen LogP contribution in [0, 0.1) is 5.82 Å². The Bertz CT molecular complexity index is 775. The van der Waals surface area contributed by atoms with Gasteiger partial charge in [0.1, 0.15) is 4.90 Å². The summed E-state index contributed by atoms with van der Waals surface area (Å²) in [7, 11) is -4.15. The van der Waals surface area contributed by atoms with Crippen LogP contribution >= 0.6 is 0 Å². The predicted octanol–water partition coefficient (Wildman–Crippen LogP) is 2.53. The zero-order chi connectivity index (χ0) is 15.6. The summed E-state index contributed by atoms with van der Waals surface area (Å²) in [6.45, 7) is 1.91. The van der Waals surface area contributed by atoms with Crippen molar-refractivity contribution in [2.24, 2.45) is 5.14 Å². The maximum Gasteiger partial charge on any atom is 0.241 e. The third kappa shape index (κ3) is 3.32. The van der Waals surface area contributed by atoms with Crippen LogP contribution in [0.3, 0.4) is 0 Å². The van der Waals surface area contributed by atoms with Crippen molar-refractivity contribution in [1.82, 2.24) is 0 Å². The Morgan fingerprint density at radius 2 is 2.00 bits per heavy atom. The zero-order valence-corrected chi connectivity index (χ0v) is 12.0. The molecule has 0 saturated heterocycles. The number of aromatic hydroxyl groups is 1. The van der Waals surface area contributed by atoms with E-state index in [1.807, 2.05) is 6.92 Å². The van der Waals surface area contributed by atoms with Crippen LogP contribution in [0.1, 0.15) is 12.5 Å². The van der Waals surface area contributed by atoms with Gasteiger partial charge >= 0.3 is 0 Å². The first kappa shape index (κ1) is 15.3. The van der Waals surface area contributed by atoms with Crippen LogP contribution in [0.25, 0.3) is 0 Å². The van der Waals surface area contributed by atoms with Gasteiger partial charge in [-0.2, -0.15) is 0 Å². The fourth-order valence-electron chi connectivity index (χ4n) is 1.79. The van der Waals surface area contributed by atoms with Crippen molar-refractivity contribution in [1.29, 1.82) is 0 Å². The Kier molecular flexibility index (Phi) is 4.15. The van der Waals surface area contributed by atoms with Crippen molar-refractivity contribution in [3.8, 4) is 17.2 Å². The second kappa shape index (κ2) is 5.71. The standard InChI is InChI=1S/C14H14FNO4S/c1-2-9-6-7-12(11(17)8-9)20-14-10(15)4-3-5-13(14)21(16,18)19/h3-8,17H,2H2,1H3,(H2,16,18,19). The smallest absolute Gasteiger partial charge is 0.241 e. The minimum atomic E-state index is -4.15. The summed E-state index contributed by atoms with van der Waals surface area (Å²) < 4.78 is 41.9. The van der Waals surface area contributed by atoms with Gasteiger partial charge in [0.2, 0.25) is 10.0 Å². The number of benzene rings is 2. The number of hydrogen-bond donors (Lipinski definition) is 2. The van der Waals surface area contributed by atoms with Gasteiger partial charge in [-0.3, -0.25) is 0 Å². The number of halogens is 1. The summed E-state index contributed by atoms with van der Waals surface area (Å²) in [6.07, 6.45) is 0.704. The summed E-state index contributed by atoms with van der Waals surface area (Å²) in [5, 5.41) is 14.9. The molecule has 0 spiro atoms. The Morgan fingerprint density at radius 1 is 1.29 bits per heavy atom. The second-order valence-corrected chi connectivity index (χ2v) is 5.90. The summed E-state index contributed by atoms with van der Waals surface area (Å²) in [5.74, 6) is -1.69. The molecule has 0 aromatic heterocycles. The van der Waals surface area contributed by atoms with E-state index in [1.54, 1.807) is 6.07 Å². The van der Waals surface area contributed by atoms with Gasteiger partial charge in [0.05, 0.1) is 0 Å². The van der Waals surface area contributed by atoms with E-state index in [0.717, 1.165) is 17.7 Å². The molecule has 0 aliphatic rings. The Balaban J connectivity index is 2.50. The largest absolute Gasteiger partial charge is 0.504 e. The minimum absolute atomic E-state index is 0.0535. The Hall–Kier alpha value is -2.12. The molecule has 0 aliphatic carbocycles. The van der Waals surface area contributed by atoms with E-state index in [9.17, 15) is 17.9 Å². The second-order valence-electron chi connectivity index (χ2n) is 4.37. The van der Waals surface area contributed by atoms with Gasteiger partial charge in [-0.1, -0.05) is 19.1 Å². The maximum absolute atomic E-state index is 13.8. The normalized spacial score (nSPS) is 11.4. The number of primary sulfonamides is 1. The molecule has 0 atom stereocenters. The van der Waals surface area contributed by atoms with E-state index in [4.69, 9.17) is 9.88 Å². The van der Waals surface area contributed by atoms with Crippen molar-refractivity contribution in [3.63, 3.8) is 0 Å². The number of phenols is 1. The van der Waals surface area contributed by atoms with Crippen LogP contribution in [0.2, 0.25) is 0 Å². The van der Waals surface area contributed by atoms with Crippen molar-refractivity contribution < 1.29 is 22.7 Å². The Labute approximate surface area is 121 Å². The van der Waals surface area contributed by atoms with Crippen molar-refractivity contribution in [3.05, 3.63) is 47.8 Å². The number of nitrogens with two attached hydrogens (primary N) is 1. The van der Waals surface area contributed by atoms with Gasteiger partial charge in [0.15, 0.2) is 23.1 Å². The molecule has 3 N–H and O–H groups in total. The van der Waals surface area contributed by atoms with E-state index in [1.165, 1.54) is 18.2 Å². The van der Waals surface area contributed by atoms with Gasteiger partial charge in [-0.15, -0.1) is 0 Å². The first-order valence-electron chi connectivity index (χ1n) is 6.14. The van der Waals surface area contributed by atoms with Gasteiger partial charge in [-0.05, 0) is 36.2 Å². The molecule has 2 aromatic rings. The average molecular weight is 311 g/mol. The van der Waals surface area contributed by atoms with Gasteiger partial charge in [-0.25, -0.2) is 17.9 Å². The molecule has 21 heavy (non-hydrogen) atoms. The van der Waals surface area contributed by atoms with Crippen molar-refractivity contribution in [2.75, 3.05) is 0 Å². The van der Waals surface area contributed by atoms with Crippen LogP contribution in [0.4, 0.5) is 4.39 Å². The molecule has 0 heterocycles. The number of aryl methyl sites for hydroxylation is 1. The predicted molar refractivity (Wildman–Crippen MR) is 75.3 cm³/mol. The average Bonchev–Trinajstić information content (AvgIpc) is 2.41. The number of hydrogen-bond acceptors (Lipinski definition) is 4. The molecule has 7 heteroatoms. The molecule has 0 aliphatic heterocycles.